The predicted molar refractivity (Wildman–Crippen MR) is 78.5 cm³/mol. The number of nitrogens with one attached hydrogen (secondary N) is 2. The molecule has 0 radical (unpaired) electrons. The maximum atomic E-state index is 12.4. The number of aromatic hydroxyl groups is 1. The predicted octanol–water partition coefficient (Wildman–Crippen LogP) is 1.81. The van der Waals surface area contributed by atoms with E-state index in [2.05, 4.69) is 10.6 Å². The summed E-state index contributed by atoms with van der Waals surface area (Å²) >= 11 is 0. The number of carboxylic acid groups (broad SMARTS) is 1. The second-order valence-corrected chi connectivity index (χ2v) is 6.00. The Balaban J connectivity index is 2.22. The third kappa shape index (κ3) is 3.33. The number of piperidine rings is 1. The first-order valence-corrected chi connectivity index (χ1v) is 6.92. The molecule has 1 aromatic rings. The lowest BCUT2D eigenvalue weighted by atomic mass is 9.77. The normalized spacial score (nSPS) is 20.8. The van der Waals surface area contributed by atoms with E-state index < -0.39 is 5.97 Å². The molecule has 1 amide bonds. The number of carbonyl (C=O) groups excluding carboxylic acids is 1. The Morgan fingerprint density at radius 1 is 1.38 bits per heavy atom. The van der Waals surface area contributed by atoms with Gasteiger partial charge in [-0.3, -0.25) is 4.79 Å². The first-order chi connectivity index (χ1) is 9.81. The Bertz CT molecular complexity index is 569. The van der Waals surface area contributed by atoms with Crippen molar-refractivity contribution in [3.63, 3.8) is 0 Å². The van der Waals surface area contributed by atoms with E-state index in [9.17, 15) is 14.7 Å². The Labute approximate surface area is 123 Å². The van der Waals surface area contributed by atoms with Gasteiger partial charge in [0.05, 0.1) is 17.3 Å². The molecule has 0 spiro atoms. The summed E-state index contributed by atoms with van der Waals surface area (Å²) in [5, 5.41) is 24.3. The minimum Gasteiger partial charge on any atom is -0.508 e. The highest BCUT2D eigenvalue weighted by Crippen LogP contribution is 2.31. The number of anilines is 1. The highest BCUT2D eigenvalue weighted by Gasteiger charge is 2.37. The van der Waals surface area contributed by atoms with Crippen LogP contribution in [0.2, 0.25) is 0 Å². The van der Waals surface area contributed by atoms with Crippen LogP contribution in [0.3, 0.4) is 0 Å². The molecule has 4 N–H and O–H groups in total. The maximum Gasteiger partial charge on any atom is 0.337 e. The molecule has 6 heteroatoms. The molecule has 0 saturated carbocycles. The highest BCUT2D eigenvalue weighted by atomic mass is 16.4. The SMILES string of the molecule is CC1(C)CCCNC1C(=O)Nc1ccc(O)cc1C(=O)O. The largest absolute Gasteiger partial charge is 0.508 e. The van der Waals surface area contributed by atoms with Crippen LogP contribution < -0.4 is 10.6 Å². The van der Waals surface area contributed by atoms with E-state index in [1.807, 2.05) is 13.8 Å². The van der Waals surface area contributed by atoms with Crippen LogP contribution in [0.1, 0.15) is 37.0 Å². The topological polar surface area (TPSA) is 98.7 Å². The number of hydrogen-bond donors (Lipinski definition) is 4. The van der Waals surface area contributed by atoms with E-state index in [4.69, 9.17) is 5.11 Å². The lowest BCUT2D eigenvalue weighted by Gasteiger charge is -2.38. The molecule has 0 aliphatic carbocycles. The fourth-order valence-electron chi connectivity index (χ4n) is 2.68. The van der Waals surface area contributed by atoms with Crippen molar-refractivity contribution in [1.29, 1.82) is 0 Å². The van der Waals surface area contributed by atoms with Crippen LogP contribution in [0.25, 0.3) is 0 Å². The quantitative estimate of drug-likeness (QED) is 0.637. The van der Waals surface area contributed by atoms with Gasteiger partial charge in [0.15, 0.2) is 0 Å². The molecule has 2 rings (SSSR count). The van der Waals surface area contributed by atoms with Crippen molar-refractivity contribution in [3.05, 3.63) is 23.8 Å². The summed E-state index contributed by atoms with van der Waals surface area (Å²) in [5.41, 5.74) is -0.131. The summed E-state index contributed by atoms with van der Waals surface area (Å²) in [6.07, 6.45) is 1.94. The van der Waals surface area contributed by atoms with E-state index in [1.54, 1.807) is 0 Å². The van der Waals surface area contributed by atoms with Gasteiger partial charge in [0.2, 0.25) is 5.91 Å². The van der Waals surface area contributed by atoms with Crippen molar-refractivity contribution in [3.8, 4) is 5.75 Å². The Morgan fingerprint density at radius 2 is 2.10 bits per heavy atom. The second-order valence-electron chi connectivity index (χ2n) is 6.00. The molecule has 21 heavy (non-hydrogen) atoms. The fraction of sp³-hybridized carbons (Fsp3) is 0.467. The number of hydrogen-bond acceptors (Lipinski definition) is 4. The fourth-order valence-corrected chi connectivity index (χ4v) is 2.68. The molecule has 1 heterocycles. The smallest absolute Gasteiger partial charge is 0.337 e. The molecule has 1 aliphatic heterocycles. The summed E-state index contributed by atoms with van der Waals surface area (Å²) in [5.74, 6) is -1.61. The summed E-state index contributed by atoms with van der Waals surface area (Å²) in [4.78, 5) is 23.6. The summed E-state index contributed by atoms with van der Waals surface area (Å²) in [6, 6.07) is 3.49. The van der Waals surface area contributed by atoms with Crippen LogP contribution in [0.4, 0.5) is 5.69 Å². The van der Waals surface area contributed by atoms with E-state index in [-0.39, 0.29) is 34.4 Å². The van der Waals surface area contributed by atoms with Gasteiger partial charge in [-0.05, 0) is 43.0 Å². The summed E-state index contributed by atoms with van der Waals surface area (Å²) in [6.45, 7) is 4.79. The van der Waals surface area contributed by atoms with Crippen LogP contribution in [-0.2, 0) is 4.79 Å². The van der Waals surface area contributed by atoms with Crippen LogP contribution in [0.5, 0.6) is 5.75 Å². The highest BCUT2D eigenvalue weighted by molar-refractivity contribution is 6.02. The molecule has 0 aromatic heterocycles. The van der Waals surface area contributed by atoms with Crippen molar-refractivity contribution >= 4 is 17.6 Å². The lowest BCUT2D eigenvalue weighted by Crippen LogP contribution is -2.53. The third-order valence-electron chi connectivity index (χ3n) is 3.88. The molecule has 6 nitrogen and oxygen atoms in total. The zero-order chi connectivity index (χ0) is 15.6. The van der Waals surface area contributed by atoms with Gasteiger partial charge < -0.3 is 20.8 Å². The Kier molecular flexibility index (Phi) is 4.18. The van der Waals surface area contributed by atoms with E-state index in [1.165, 1.54) is 12.1 Å². The monoisotopic (exact) mass is 292 g/mol. The van der Waals surface area contributed by atoms with Crippen molar-refractivity contribution in [2.45, 2.75) is 32.7 Å². The molecular weight excluding hydrogens is 272 g/mol. The molecule has 1 fully saturated rings. The minimum absolute atomic E-state index is 0.128. The van der Waals surface area contributed by atoms with Crippen molar-refractivity contribution in [1.82, 2.24) is 5.32 Å². The number of benzene rings is 1. The van der Waals surface area contributed by atoms with Gasteiger partial charge in [0.25, 0.3) is 0 Å². The Morgan fingerprint density at radius 3 is 2.71 bits per heavy atom. The first kappa shape index (κ1) is 15.3. The number of aromatic carboxylic acids is 1. The van der Waals surface area contributed by atoms with Gasteiger partial charge in [0, 0.05) is 0 Å². The van der Waals surface area contributed by atoms with Gasteiger partial charge in [-0.2, -0.15) is 0 Å². The van der Waals surface area contributed by atoms with Gasteiger partial charge >= 0.3 is 5.97 Å². The lowest BCUT2D eigenvalue weighted by molar-refractivity contribution is -0.121. The van der Waals surface area contributed by atoms with Gasteiger partial charge in [-0.15, -0.1) is 0 Å². The number of carbonyl (C=O) groups is 2. The van der Waals surface area contributed by atoms with E-state index in [0.29, 0.717) is 0 Å². The molecule has 1 saturated heterocycles. The van der Waals surface area contributed by atoms with Crippen molar-refractivity contribution in [2.75, 3.05) is 11.9 Å². The zero-order valence-electron chi connectivity index (χ0n) is 12.1. The van der Waals surface area contributed by atoms with Gasteiger partial charge in [0.1, 0.15) is 5.75 Å². The number of rotatable bonds is 3. The molecular formula is C15H20N2O4. The van der Waals surface area contributed by atoms with Crippen LogP contribution >= 0.6 is 0 Å². The van der Waals surface area contributed by atoms with Crippen LogP contribution in [0, 0.1) is 5.41 Å². The third-order valence-corrected chi connectivity index (χ3v) is 3.88. The average Bonchev–Trinajstić information content (AvgIpc) is 2.39. The zero-order valence-corrected chi connectivity index (χ0v) is 12.1. The second kappa shape index (κ2) is 5.73. The van der Waals surface area contributed by atoms with Crippen molar-refractivity contribution < 1.29 is 19.8 Å². The summed E-state index contributed by atoms with van der Waals surface area (Å²) < 4.78 is 0. The Hall–Kier alpha value is -2.08. The van der Waals surface area contributed by atoms with Crippen molar-refractivity contribution in [2.24, 2.45) is 5.41 Å². The van der Waals surface area contributed by atoms with Crippen LogP contribution in [0.15, 0.2) is 18.2 Å². The standard InChI is InChI=1S/C15H20N2O4/c1-15(2)6-3-7-16-12(15)13(19)17-11-5-4-9(18)8-10(11)14(20)21/h4-5,8,12,16,18H,3,6-7H2,1-2H3,(H,17,19)(H,20,21). The van der Waals surface area contributed by atoms with Crippen LogP contribution in [-0.4, -0.2) is 34.7 Å². The maximum absolute atomic E-state index is 12.4. The number of amides is 1. The van der Waals surface area contributed by atoms with Gasteiger partial charge in [-0.1, -0.05) is 13.8 Å². The molecule has 1 atom stereocenters. The summed E-state index contributed by atoms with van der Waals surface area (Å²) in [7, 11) is 0. The molecule has 0 bridgehead atoms. The van der Waals surface area contributed by atoms with Gasteiger partial charge in [-0.25, -0.2) is 4.79 Å². The molecule has 1 aliphatic rings. The molecule has 1 aromatic carbocycles. The average molecular weight is 292 g/mol. The number of phenolic OH excluding ortho intramolecular Hbond substituents is 1. The number of phenols is 1. The molecule has 1 unspecified atom stereocenters. The van der Waals surface area contributed by atoms with E-state index in [0.717, 1.165) is 25.5 Å². The first-order valence-electron chi connectivity index (χ1n) is 6.92. The minimum atomic E-state index is -1.20. The van der Waals surface area contributed by atoms with E-state index >= 15 is 0 Å². The number of carboxylic acids is 1. The molecule has 114 valence electrons.